The van der Waals surface area contributed by atoms with Crippen LogP contribution < -0.4 is 10.5 Å². The Bertz CT molecular complexity index is 725. The van der Waals surface area contributed by atoms with Crippen molar-refractivity contribution in [2.75, 3.05) is 20.0 Å². The van der Waals surface area contributed by atoms with E-state index in [9.17, 15) is 9.18 Å². The first-order chi connectivity index (χ1) is 10.5. The molecule has 1 heterocycles. The van der Waals surface area contributed by atoms with Gasteiger partial charge in [0.05, 0.1) is 30.8 Å². The molecule has 2 N–H and O–H groups in total. The van der Waals surface area contributed by atoms with Crippen LogP contribution in [0.1, 0.15) is 5.69 Å². The summed E-state index contributed by atoms with van der Waals surface area (Å²) in [6, 6.07) is 4.44. The zero-order valence-corrected chi connectivity index (χ0v) is 13.5. The fourth-order valence-corrected chi connectivity index (χ4v) is 2.08. The van der Waals surface area contributed by atoms with Gasteiger partial charge < -0.3 is 15.2 Å². The molecule has 22 heavy (non-hydrogen) atoms. The first-order valence-electron chi connectivity index (χ1n) is 6.19. The number of carbonyl (C=O) groups is 1. The number of ether oxygens (including phenoxy) is 2. The zero-order valence-electron chi connectivity index (χ0n) is 11.9. The lowest BCUT2D eigenvalue weighted by Crippen LogP contribution is -2.11. The van der Waals surface area contributed by atoms with Gasteiger partial charge in [-0.05, 0) is 34.1 Å². The fraction of sp³-hybridized carbons (Fsp3) is 0.214. The number of anilines is 1. The summed E-state index contributed by atoms with van der Waals surface area (Å²) in [7, 11) is 2.67. The lowest BCUT2D eigenvalue weighted by Gasteiger charge is -2.11. The summed E-state index contributed by atoms with van der Waals surface area (Å²) in [6.45, 7) is 0. The van der Waals surface area contributed by atoms with E-state index < -0.39 is 11.8 Å². The molecule has 6 nitrogen and oxygen atoms in total. The van der Waals surface area contributed by atoms with Gasteiger partial charge in [0.1, 0.15) is 5.82 Å². The Kier molecular flexibility index (Phi) is 4.92. The van der Waals surface area contributed by atoms with Gasteiger partial charge in [-0.1, -0.05) is 0 Å². The summed E-state index contributed by atoms with van der Waals surface area (Å²) in [5.74, 6) is -0.487. The third kappa shape index (κ3) is 3.33. The van der Waals surface area contributed by atoms with Gasteiger partial charge in [0.15, 0.2) is 17.4 Å². The molecular weight excluding hydrogens is 357 g/mol. The maximum atomic E-state index is 13.6. The van der Waals surface area contributed by atoms with Gasteiger partial charge in [-0.15, -0.1) is 0 Å². The second-order valence-electron chi connectivity index (χ2n) is 4.29. The van der Waals surface area contributed by atoms with Crippen LogP contribution in [-0.4, -0.2) is 30.2 Å². The van der Waals surface area contributed by atoms with Crippen molar-refractivity contribution in [3.63, 3.8) is 0 Å². The van der Waals surface area contributed by atoms with E-state index in [0.29, 0.717) is 10.0 Å². The Labute approximate surface area is 134 Å². The SMILES string of the molecule is COC(=O)Cc1nc(-c2ccc(Br)c(F)c2)nc(N)c1OC. The monoisotopic (exact) mass is 369 g/mol. The van der Waals surface area contributed by atoms with Crippen molar-refractivity contribution in [1.82, 2.24) is 9.97 Å². The van der Waals surface area contributed by atoms with Gasteiger partial charge in [-0.25, -0.2) is 14.4 Å². The minimum atomic E-state index is -0.496. The number of esters is 1. The average Bonchev–Trinajstić information content (AvgIpc) is 2.49. The maximum Gasteiger partial charge on any atom is 0.311 e. The van der Waals surface area contributed by atoms with Gasteiger partial charge in [0, 0.05) is 5.56 Å². The molecule has 0 saturated heterocycles. The molecule has 0 aliphatic rings. The summed E-state index contributed by atoms with van der Waals surface area (Å²) in [6.07, 6.45) is -0.127. The highest BCUT2D eigenvalue weighted by atomic mass is 79.9. The third-order valence-corrected chi connectivity index (χ3v) is 3.53. The van der Waals surface area contributed by atoms with E-state index in [2.05, 4.69) is 30.6 Å². The lowest BCUT2D eigenvalue weighted by molar-refractivity contribution is -0.139. The number of nitrogens with two attached hydrogens (primary N) is 1. The molecule has 0 bridgehead atoms. The first-order valence-corrected chi connectivity index (χ1v) is 6.98. The summed E-state index contributed by atoms with van der Waals surface area (Å²) in [5.41, 5.74) is 6.53. The number of methoxy groups -OCH3 is 2. The van der Waals surface area contributed by atoms with Gasteiger partial charge in [-0.3, -0.25) is 4.79 Å². The number of nitrogen functional groups attached to an aromatic ring is 1. The van der Waals surface area contributed by atoms with Crippen LogP contribution in [0.3, 0.4) is 0 Å². The van der Waals surface area contributed by atoms with Crippen molar-refractivity contribution < 1.29 is 18.7 Å². The van der Waals surface area contributed by atoms with E-state index in [4.69, 9.17) is 10.5 Å². The highest BCUT2D eigenvalue weighted by Crippen LogP contribution is 2.28. The molecule has 0 atom stereocenters. The molecule has 1 aromatic heterocycles. The van der Waals surface area contributed by atoms with Gasteiger partial charge >= 0.3 is 5.97 Å². The normalized spacial score (nSPS) is 10.4. The van der Waals surface area contributed by atoms with Crippen LogP contribution in [0.5, 0.6) is 5.75 Å². The summed E-state index contributed by atoms with van der Waals surface area (Å²) in [5, 5.41) is 0. The molecule has 2 aromatic rings. The summed E-state index contributed by atoms with van der Waals surface area (Å²) >= 11 is 3.07. The predicted octanol–water partition coefficient (Wildman–Crippen LogP) is 2.35. The average molecular weight is 370 g/mol. The number of halogens is 2. The molecule has 0 radical (unpaired) electrons. The quantitative estimate of drug-likeness (QED) is 0.832. The van der Waals surface area contributed by atoms with Crippen LogP contribution in [-0.2, 0) is 16.0 Å². The molecule has 0 aliphatic carbocycles. The van der Waals surface area contributed by atoms with Gasteiger partial charge in [0.25, 0.3) is 0 Å². The number of hydrogen-bond donors (Lipinski definition) is 1. The highest BCUT2D eigenvalue weighted by Gasteiger charge is 2.18. The molecule has 0 saturated carbocycles. The second-order valence-corrected chi connectivity index (χ2v) is 5.15. The lowest BCUT2D eigenvalue weighted by atomic mass is 10.2. The zero-order chi connectivity index (χ0) is 16.3. The van der Waals surface area contributed by atoms with Gasteiger partial charge in [-0.2, -0.15) is 0 Å². The number of hydrogen-bond acceptors (Lipinski definition) is 6. The minimum Gasteiger partial charge on any atom is -0.491 e. The fourth-order valence-electron chi connectivity index (χ4n) is 1.83. The molecule has 0 amide bonds. The van der Waals surface area contributed by atoms with E-state index in [-0.39, 0.29) is 29.5 Å². The van der Waals surface area contributed by atoms with E-state index >= 15 is 0 Å². The van der Waals surface area contributed by atoms with Crippen molar-refractivity contribution in [3.8, 4) is 17.1 Å². The largest absolute Gasteiger partial charge is 0.491 e. The Morgan fingerprint density at radius 1 is 1.36 bits per heavy atom. The molecule has 8 heteroatoms. The Morgan fingerprint density at radius 2 is 2.09 bits per heavy atom. The number of benzene rings is 1. The minimum absolute atomic E-state index is 0.0646. The first kappa shape index (κ1) is 16.2. The third-order valence-electron chi connectivity index (χ3n) is 2.88. The van der Waals surface area contributed by atoms with E-state index in [0.717, 1.165) is 0 Å². The second kappa shape index (κ2) is 6.69. The maximum absolute atomic E-state index is 13.6. The Morgan fingerprint density at radius 3 is 2.68 bits per heavy atom. The van der Waals surface area contributed by atoms with Crippen molar-refractivity contribution in [1.29, 1.82) is 0 Å². The molecule has 1 aromatic carbocycles. The smallest absolute Gasteiger partial charge is 0.311 e. The van der Waals surface area contributed by atoms with Crippen molar-refractivity contribution >= 4 is 27.7 Å². The van der Waals surface area contributed by atoms with Crippen molar-refractivity contribution in [2.24, 2.45) is 0 Å². The Hall–Kier alpha value is -2.22. The molecule has 0 spiro atoms. The van der Waals surface area contributed by atoms with E-state index in [1.54, 1.807) is 6.07 Å². The van der Waals surface area contributed by atoms with Crippen LogP contribution in [0.4, 0.5) is 10.2 Å². The summed E-state index contributed by atoms with van der Waals surface area (Å²) < 4.78 is 23.7. The number of aromatic nitrogens is 2. The number of nitrogens with zero attached hydrogens (tertiary/aromatic N) is 2. The van der Waals surface area contributed by atoms with E-state index in [1.165, 1.54) is 26.4 Å². The van der Waals surface area contributed by atoms with Crippen LogP contribution in [0.2, 0.25) is 0 Å². The highest BCUT2D eigenvalue weighted by molar-refractivity contribution is 9.10. The topological polar surface area (TPSA) is 87.3 Å². The van der Waals surface area contributed by atoms with Gasteiger partial charge in [0.2, 0.25) is 0 Å². The standard InChI is InChI=1S/C14H13BrFN3O3/c1-21-11(20)6-10-12(22-2)13(17)19-14(18-10)7-3-4-8(15)9(16)5-7/h3-5H,6H2,1-2H3,(H2,17,18,19). The van der Waals surface area contributed by atoms with Crippen molar-refractivity contribution in [3.05, 3.63) is 34.2 Å². The predicted molar refractivity (Wildman–Crippen MR) is 81.8 cm³/mol. The van der Waals surface area contributed by atoms with Crippen LogP contribution in [0.15, 0.2) is 22.7 Å². The Balaban J connectivity index is 2.52. The number of carbonyl (C=O) groups excluding carboxylic acids is 1. The summed E-state index contributed by atoms with van der Waals surface area (Å²) in [4.78, 5) is 19.8. The van der Waals surface area contributed by atoms with Crippen LogP contribution in [0.25, 0.3) is 11.4 Å². The van der Waals surface area contributed by atoms with Crippen molar-refractivity contribution in [2.45, 2.75) is 6.42 Å². The molecule has 0 aliphatic heterocycles. The molecular formula is C14H13BrFN3O3. The number of rotatable bonds is 4. The van der Waals surface area contributed by atoms with Crippen LogP contribution in [0, 0.1) is 5.82 Å². The molecule has 0 unspecified atom stereocenters. The van der Waals surface area contributed by atoms with Crippen LogP contribution >= 0.6 is 15.9 Å². The van der Waals surface area contributed by atoms with E-state index in [1.807, 2.05) is 0 Å². The molecule has 116 valence electrons. The molecule has 0 fully saturated rings. The molecule has 2 rings (SSSR count).